The summed E-state index contributed by atoms with van der Waals surface area (Å²) in [5, 5.41) is 0.456. The van der Waals surface area contributed by atoms with Crippen LogP contribution in [0.1, 0.15) is 29.9 Å². The Morgan fingerprint density at radius 3 is 2.39 bits per heavy atom. The van der Waals surface area contributed by atoms with Gasteiger partial charge in [-0.2, -0.15) is 0 Å². The molecule has 0 aliphatic rings. The third-order valence-electron chi connectivity index (χ3n) is 4.54. The fraction of sp³-hybridized carbons (Fsp3) is 0.273. The van der Waals surface area contributed by atoms with E-state index in [9.17, 15) is 18.0 Å². The van der Waals surface area contributed by atoms with Gasteiger partial charge in [0, 0.05) is 30.9 Å². The summed E-state index contributed by atoms with van der Waals surface area (Å²) in [5.41, 5.74) is 2.52. The van der Waals surface area contributed by atoms with E-state index in [0.717, 1.165) is 11.1 Å². The molecule has 5 nitrogen and oxygen atoms in total. The number of aromatic nitrogens is 2. The number of hydrogen-bond acceptors (Lipinski definition) is 3. The third kappa shape index (κ3) is 6.01. The summed E-state index contributed by atoms with van der Waals surface area (Å²) in [5.74, 6) is -0.503. The smallest absolute Gasteiger partial charge is 0.406 e. The second-order valence-electron chi connectivity index (χ2n) is 7.37. The molecule has 0 unspecified atom stereocenters. The lowest BCUT2D eigenvalue weighted by molar-refractivity contribution is -0.274. The number of alkyl halides is 3. The van der Waals surface area contributed by atoms with Crippen LogP contribution in [0.3, 0.4) is 0 Å². The van der Waals surface area contributed by atoms with Crippen LogP contribution in [0.4, 0.5) is 13.2 Å². The van der Waals surface area contributed by atoms with Gasteiger partial charge in [0.1, 0.15) is 11.4 Å². The van der Waals surface area contributed by atoms with E-state index < -0.39 is 6.36 Å². The number of ether oxygens (including phenoxy) is 1. The molecule has 0 aliphatic carbocycles. The molecule has 1 aromatic heterocycles. The van der Waals surface area contributed by atoms with Crippen LogP contribution >= 0.6 is 11.6 Å². The van der Waals surface area contributed by atoms with Gasteiger partial charge in [-0.25, -0.2) is 4.98 Å². The second-order valence-corrected chi connectivity index (χ2v) is 7.81. The summed E-state index contributed by atoms with van der Waals surface area (Å²) in [6.07, 6.45) is -1.52. The normalized spacial score (nSPS) is 11.6. The van der Waals surface area contributed by atoms with E-state index >= 15 is 0 Å². The number of carbonyl (C=O) groups is 1. The van der Waals surface area contributed by atoms with Crippen molar-refractivity contribution in [3.63, 3.8) is 0 Å². The molecule has 1 amide bonds. The Hall–Kier alpha value is -3.00. The highest BCUT2D eigenvalue weighted by atomic mass is 35.5. The van der Waals surface area contributed by atoms with Crippen molar-refractivity contribution in [3.8, 4) is 16.9 Å². The van der Waals surface area contributed by atoms with Gasteiger partial charge in [0.15, 0.2) is 0 Å². The molecule has 0 atom stereocenters. The van der Waals surface area contributed by atoms with E-state index in [4.69, 9.17) is 11.6 Å². The van der Waals surface area contributed by atoms with E-state index in [-0.39, 0.29) is 17.7 Å². The number of halogens is 4. The molecule has 164 valence electrons. The molecule has 0 fully saturated rings. The van der Waals surface area contributed by atoms with Crippen molar-refractivity contribution in [2.75, 3.05) is 0 Å². The minimum absolute atomic E-state index is 0.0873. The van der Waals surface area contributed by atoms with Crippen LogP contribution in [0.5, 0.6) is 5.75 Å². The van der Waals surface area contributed by atoms with Gasteiger partial charge in [-0.3, -0.25) is 4.79 Å². The van der Waals surface area contributed by atoms with Gasteiger partial charge in [0.2, 0.25) is 0 Å². The molecule has 0 spiro atoms. The fourth-order valence-corrected chi connectivity index (χ4v) is 3.37. The average molecular weight is 452 g/mol. The highest BCUT2D eigenvalue weighted by Gasteiger charge is 2.31. The maximum atomic E-state index is 12.9. The largest absolute Gasteiger partial charge is 0.573 e. The summed E-state index contributed by atoms with van der Waals surface area (Å²) < 4.78 is 42.7. The van der Waals surface area contributed by atoms with Crippen LogP contribution in [-0.2, 0) is 13.6 Å². The van der Waals surface area contributed by atoms with Gasteiger partial charge in [0.25, 0.3) is 5.91 Å². The van der Waals surface area contributed by atoms with Crippen LogP contribution < -0.4 is 4.74 Å². The first kappa shape index (κ1) is 22.7. The third-order valence-corrected chi connectivity index (χ3v) is 4.76. The first-order valence-electron chi connectivity index (χ1n) is 9.46. The Bertz CT molecular complexity index is 1060. The lowest BCUT2D eigenvalue weighted by Crippen LogP contribution is -2.36. The predicted octanol–water partition coefficient (Wildman–Crippen LogP) is 5.69. The van der Waals surface area contributed by atoms with Crippen LogP contribution in [-0.4, -0.2) is 32.8 Å². The first-order chi connectivity index (χ1) is 14.5. The van der Waals surface area contributed by atoms with Crippen molar-refractivity contribution in [2.24, 2.45) is 7.05 Å². The molecular formula is C22H21ClF3N3O2. The molecule has 31 heavy (non-hydrogen) atoms. The van der Waals surface area contributed by atoms with Crippen LogP contribution in [0.2, 0.25) is 5.02 Å². The molecule has 3 rings (SSSR count). The van der Waals surface area contributed by atoms with Gasteiger partial charge in [-0.05, 0) is 60.9 Å². The summed E-state index contributed by atoms with van der Waals surface area (Å²) in [4.78, 5) is 18.7. The van der Waals surface area contributed by atoms with Gasteiger partial charge >= 0.3 is 6.36 Å². The zero-order valence-corrected chi connectivity index (χ0v) is 17.9. The monoisotopic (exact) mass is 451 g/mol. The van der Waals surface area contributed by atoms with Crippen LogP contribution in [0, 0.1) is 0 Å². The van der Waals surface area contributed by atoms with E-state index in [1.54, 1.807) is 41.2 Å². The molecule has 2 aromatic carbocycles. The number of benzene rings is 2. The topological polar surface area (TPSA) is 47.4 Å². The molecule has 0 saturated carbocycles. The summed E-state index contributed by atoms with van der Waals surface area (Å²) in [6, 6.07) is 10.8. The van der Waals surface area contributed by atoms with Crippen molar-refractivity contribution in [1.29, 1.82) is 0 Å². The van der Waals surface area contributed by atoms with Gasteiger partial charge in [-0.15, -0.1) is 13.2 Å². The van der Waals surface area contributed by atoms with Crippen molar-refractivity contribution >= 4 is 17.5 Å². The van der Waals surface area contributed by atoms with E-state index in [0.29, 0.717) is 22.8 Å². The number of rotatable bonds is 6. The zero-order valence-electron chi connectivity index (χ0n) is 17.2. The quantitative estimate of drug-likeness (QED) is 0.483. The van der Waals surface area contributed by atoms with Gasteiger partial charge in [0.05, 0.1) is 6.33 Å². The maximum Gasteiger partial charge on any atom is 0.573 e. The number of hydrogen-bond donors (Lipinski definition) is 0. The zero-order chi connectivity index (χ0) is 22.8. The average Bonchev–Trinajstić information content (AvgIpc) is 3.10. The molecule has 0 saturated heterocycles. The lowest BCUT2D eigenvalue weighted by Gasteiger charge is -2.26. The number of carbonyl (C=O) groups excluding carboxylic acids is 1. The van der Waals surface area contributed by atoms with Crippen molar-refractivity contribution in [3.05, 3.63) is 71.3 Å². The van der Waals surface area contributed by atoms with Crippen molar-refractivity contribution < 1.29 is 22.7 Å². The minimum atomic E-state index is -4.74. The van der Waals surface area contributed by atoms with Crippen LogP contribution in [0.15, 0.2) is 55.0 Å². The molecular weight excluding hydrogens is 431 g/mol. The lowest BCUT2D eigenvalue weighted by atomic mass is 10.0. The Labute approximate surface area is 183 Å². The summed E-state index contributed by atoms with van der Waals surface area (Å²) in [7, 11) is 1.79. The minimum Gasteiger partial charge on any atom is -0.406 e. The van der Waals surface area contributed by atoms with E-state index in [1.807, 2.05) is 19.9 Å². The molecule has 0 radical (unpaired) electrons. The fourth-order valence-electron chi connectivity index (χ4n) is 3.11. The Kier molecular flexibility index (Phi) is 6.59. The maximum absolute atomic E-state index is 12.9. The standard InChI is InChI=1S/C22H21ClF3N3O2/c1-14(2)29(21(30)20-12-28(3)13-27-20)11-15-8-17(10-18(23)9-15)16-4-6-19(7-5-16)31-22(24,25)26/h4-10,12-14H,11H2,1-3H3. The molecule has 0 N–H and O–H groups in total. The molecule has 0 aliphatic heterocycles. The highest BCUT2D eigenvalue weighted by molar-refractivity contribution is 6.31. The molecule has 0 bridgehead atoms. The number of imidazole rings is 1. The van der Waals surface area contributed by atoms with Crippen molar-refractivity contribution in [2.45, 2.75) is 32.8 Å². The predicted molar refractivity (Wildman–Crippen MR) is 112 cm³/mol. The number of aryl methyl sites for hydroxylation is 1. The molecule has 1 heterocycles. The molecule has 3 aromatic rings. The van der Waals surface area contributed by atoms with E-state index in [2.05, 4.69) is 9.72 Å². The van der Waals surface area contributed by atoms with Gasteiger partial charge in [-0.1, -0.05) is 23.7 Å². The summed E-state index contributed by atoms with van der Waals surface area (Å²) >= 11 is 6.29. The number of amides is 1. The van der Waals surface area contributed by atoms with Gasteiger partial charge < -0.3 is 14.2 Å². The Morgan fingerprint density at radius 1 is 1.16 bits per heavy atom. The first-order valence-corrected chi connectivity index (χ1v) is 9.84. The van der Waals surface area contributed by atoms with Crippen molar-refractivity contribution in [1.82, 2.24) is 14.5 Å². The summed E-state index contributed by atoms with van der Waals surface area (Å²) in [6.45, 7) is 4.12. The Balaban J connectivity index is 1.85. The number of nitrogens with zero attached hydrogens (tertiary/aromatic N) is 3. The van der Waals surface area contributed by atoms with Crippen LogP contribution in [0.25, 0.3) is 11.1 Å². The van der Waals surface area contributed by atoms with E-state index in [1.165, 1.54) is 24.3 Å². The Morgan fingerprint density at radius 2 is 1.84 bits per heavy atom. The highest BCUT2D eigenvalue weighted by Crippen LogP contribution is 2.29. The molecule has 9 heteroatoms. The second kappa shape index (κ2) is 9.01. The SMILES string of the molecule is CC(C)N(Cc1cc(Cl)cc(-c2ccc(OC(F)(F)F)cc2)c1)C(=O)c1cn(C)cn1.